The molecule has 0 bridgehead atoms. The van der Waals surface area contributed by atoms with Crippen LogP contribution in [0.2, 0.25) is 10.6 Å². The van der Waals surface area contributed by atoms with Crippen molar-refractivity contribution >= 4 is 40.5 Å². The molecular formula is C15H9Cl2N3S. The lowest BCUT2D eigenvalue weighted by atomic mass is 9.93. The minimum atomic E-state index is 0.113. The number of aromatic nitrogens is 3. The van der Waals surface area contributed by atoms with Crippen LogP contribution >= 0.6 is 35.0 Å². The molecule has 1 atom stereocenters. The predicted octanol–water partition coefficient (Wildman–Crippen LogP) is 4.66. The monoisotopic (exact) mass is 333 g/mol. The summed E-state index contributed by atoms with van der Waals surface area (Å²) >= 11 is 13.7. The average Bonchev–Trinajstić information content (AvgIpc) is 2.84. The number of nitrogens with zero attached hydrogens (tertiary/aromatic N) is 3. The standard InChI is InChI=1S/C15H9Cl2N3S/c16-14-18-13(19-15(17)20-14)9-5-3-7-11-12(9)8-4-1-2-6-10(8)21-11/h1-5,7,10H,6H2. The van der Waals surface area contributed by atoms with Gasteiger partial charge in [0.05, 0.1) is 0 Å². The van der Waals surface area contributed by atoms with Crippen molar-refractivity contribution < 1.29 is 0 Å². The molecule has 0 fully saturated rings. The van der Waals surface area contributed by atoms with Gasteiger partial charge in [0.1, 0.15) is 0 Å². The van der Waals surface area contributed by atoms with Crippen LogP contribution in [0.3, 0.4) is 0 Å². The smallest absolute Gasteiger partial charge is 0.198 e. The van der Waals surface area contributed by atoms with Crippen LogP contribution in [0.5, 0.6) is 0 Å². The van der Waals surface area contributed by atoms with Gasteiger partial charge in [-0.2, -0.15) is 15.0 Å². The first-order valence-electron chi connectivity index (χ1n) is 6.46. The third-order valence-corrected chi connectivity index (χ3v) is 5.18. The van der Waals surface area contributed by atoms with Crippen LogP contribution < -0.4 is 0 Å². The van der Waals surface area contributed by atoms with E-state index in [0.29, 0.717) is 11.1 Å². The Morgan fingerprint density at radius 1 is 1.10 bits per heavy atom. The number of halogens is 2. The summed E-state index contributed by atoms with van der Waals surface area (Å²) in [6.07, 6.45) is 7.51. The Hall–Kier alpha value is -1.36. The van der Waals surface area contributed by atoms with E-state index in [2.05, 4.69) is 39.2 Å². The van der Waals surface area contributed by atoms with E-state index in [9.17, 15) is 0 Å². The number of hydrogen-bond donors (Lipinski definition) is 0. The number of thioether (sulfide) groups is 1. The van der Waals surface area contributed by atoms with Gasteiger partial charge in [0, 0.05) is 21.3 Å². The normalized spacial score (nSPS) is 19.1. The van der Waals surface area contributed by atoms with E-state index < -0.39 is 0 Å². The highest BCUT2D eigenvalue weighted by atomic mass is 35.5. The molecule has 1 unspecified atom stereocenters. The molecule has 104 valence electrons. The number of allylic oxidation sites excluding steroid dienone is 3. The molecule has 0 spiro atoms. The van der Waals surface area contributed by atoms with Crippen LogP contribution in [-0.4, -0.2) is 20.2 Å². The second kappa shape index (κ2) is 5.13. The molecule has 2 heterocycles. The summed E-state index contributed by atoms with van der Waals surface area (Å²) in [4.78, 5) is 13.5. The SMILES string of the molecule is Clc1nc(Cl)nc(-c2cccc3c2C2=CC=CCC2S3)n1. The molecule has 1 aromatic heterocycles. The first-order chi connectivity index (χ1) is 10.2. The molecular weight excluding hydrogens is 325 g/mol. The van der Waals surface area contributed by atoms with E-state index in [0.717, 1.165) is 12.0 Å². The van der Waals surface area contributed by atoms with Crippen molar-refractivity contribution in [2.45, 2.75) is 16.6 Å². The van der Waals surface area contributed by atoms with Gasteiger partial charge in [-0.3, -0.25) is 0 Å². The fraction of sp³-hybridized carbons (Fsp3) is 0.133. The topological polar surface area (TPSA) is 38.7 Å². The maximum atomic E-state index is 5.91. The van der Waals surface area contributed by atoms with E-state index in [1.54, 1.807) is 0 Å². The highest BCUT2D eigenvalue weighted by Crippen LogP contribution is 2.50. The molecule has 4 rings (SSSR count). The lowest BCUT2D eigenvalue weighted by molar-refractivity contribution is 1.05. The van der Waals surface area contributed by atoms with Gasteiger partial charge < -0.3 is 0 Å². The van der Waals surface area contributed by atoms with E-state index >= 15 is 0 Å². The molecule has 6 heteroatoms. The summed E-state index contributed by atoms with van der Waals surface area (Å²) < 4.78 is 0. The van der Waals surface area contributed by atoms with Crippen molar-refractivity contribution in [1.29, 1.82) is 0 Å². The molecule has 0 saturated heterocycles. The number of rotatable bonds is 1. The Kier molecular flexibility index (Phi) is 3.25. The maximum absolute atomic E-state index is 5.91. The summed E-state index contributed by atoms with van der Waals surface area (Å²) in [5, 5.41) is 0.698. The second-order valence-electron chi connectivity index (χ2n) is 4.77. The van der Waals surface area contributed by atoms with Gasteiger partial charge in [-0.15, -0.1) is 11.8 Å². The molecule has 1 aliphatic heterocycles. The van der Waals surface area contributed by atoms with Gasteiger partial charge in [0.2, 0.25) is 10.6 Å². The van der Waals surface area contributed by atoms with E-state index in [1.165, 1.54) is 16.0 Å². The zero-order chi connectivity index (χ0) is 14.4. The minimum absolute atomic E-state index is 0.113. The van der Waals surface area contributed by atoms with Crippen LogP contribution in [0, 0.1) is 0 Å². The highest BCUT2D eigenvalue weighted by molar-refractivity contribution is 8.00. The predicted molar refractivity (Wildman–Crippen MR) is 86.7 cm³/mol. The Labute approximate surface area is 136 Å². The molecule has 0 saturated carbocycles. The van der Waals surface area contributed by atoms with Crippen molar-refractivity contribution in [3.8, 4) is 11.4 Å². The fourth-order valence-electron chi connectivity index (χ4n) is 2.68. The number of fused-ring (bicyclic) bond motifs is 3. The Bertz CT molecular complexity index is 781. The third-order valence-electron chi connectivity index (χ3n) is 3.51. The lowest BCUT2D eigenvalue weighted by Crippen LogP contribution is -2.02. The van der Waals surface area contributed by atoms with E-state index in [-0.39, 0.29) is 10.6 Å². The second-order valence-corrected chi connectivity index (χ2v) is 6.69. The number of hydrogen-bond acceptors (Lipinski definition) is 4. The van der Waals surface area contributed by atoms with Crippen LogP contribution in [0.4, 0.5) is 0 Å². The van der Waals surface area contributed by atoms with Gasteiger partial charge in [0.25, 0.3) is 0 Å². The zero-order valence-corrected chi connectivity index (χ0v) is 13.1. The van der Waals surface area contributed by atoms with Crippen molar-refractivity contribution in [3.63, 3.8) is 0 Å². The quantitative estimate of drug-likeness (QED) is 0.760. The van der Waals surface area contributed by atoms with Gasteiger partial charge >= 0.3 is 0 Å². The van der Waals surface area contributed by atoms with E-state index in [1.807, 2.05) is 23.9 Å². The van der Waals surface area contributed by atoms with Crippen molar-refractivity contribution in [3.05, 3.63) is 52.6 Å². The van der Waals surface area contributed by atoms with Crippen LogP contribution in [0.25, 0.3) is 17.0 Å². The average molecular weight is 334 g/mol. The van der Waals surface area contributed by atoms with Crippen molar-refractivity contribution in [1.82, 2.24) is 15.0 Å². The molecule has 2 aromatic rings. The Morgan fingerprint density at radius 2 is 1.90 bits per heavy atom. The zero-order valence-electron chi connectivity index (χ0n) is 10.8. The minimum Gasteiger partial charge on any atom is -0.198 e. The van der Waals surface area contributed by atoms with Crippen LogP contribution in [0.1, 0.15) is 12.0 Å². The molecule has 2 aliphatic rings. The van der Waals surface area contributed by atoms with Gasteiger partial charge in [-0.25, -0.2) is 0 Å². The van der Waals surface area contributed by atoms with Gasteiger partial charge in [0.15, 0.2) is 5.82 Å². The van der Waals surface area contributed by atoms with Crippen molar-refractivity contribution in [2.75, 3.05) is 0 Å². The van der Waals surface area contributed by atoms with E-state index in [4.69, 9.17) is 23.2 Å². The molecule has 0 amide bonds. The summed E-state index contributed by atoms with van der Waals surface area (Å²) in [5.74, 6) is 0.522. The first-order valence-corrected chi connectivity index (χ1v) is 8.10. The van der Waals surface area contributed by atoms with Gasteiger partial charge in [-0.05, 0) is 41.3 Å². The molecule has 1 aliphatic carbocycles. The summed E-state index contributed by atoms with van der Waals surface area (Å²) in [6, 6.07) is 6.15. The Morgan fingerprint density at radius 3 is 2.71 bits per heavy atom. The van der Waals surface area contributed by atoms with Gasteiger partial charge in [-0.1, -0.05) is 30.4 Å². The summed E-state index contributed by atoms with van der Waals surface area (Å²) in [5.41, 5.74) is 3.46. The largest absolute Gasteiger partial charge is 0.227 e. The highest BCUT2D eigenvalue weighted by Gasteiger charge is 2.30. The molecule has 1 aromatic carbocycles. The maximum Gasteiger partial charge on any atom is 0.227 e. The fourth-order valence-corrected chi connectivity index (χ4v) is 4.38. The summed E-state index contributed by atoms with van der Waals surface area (Å²) in [7, 11) is 0. The molecule has 0 N–H and O–H groups in total. The third kappa shape index (κ3) is 2.27. The molecule has 0 radical (unpaired) electrons. The molecule has 3 nitrogen and oxygen atoms in total. The number of benzene rings is 1. The summed E-state index contributed by atoms with van der Waals surface area (Å²) in [6.45, 7) is 0. The molecule has 21 heavy (non-hydrogen) atoms. The first kappa shape index (κ1) is 13.3. The van der Waals surface area contributed by atoms with Crippen LogP contribution in [-0.2, 0) is 0 Å². The Balaban J connectivity index is 1.94. The lowest BCUT2D eigenvalue weighted by Gasteiger charge is -2.13. The van der Waals surface area contributed by atoms with Crippen molar-refractivity contribution in [2.24, 2.45) is 0 Å². The van der Waals surface area contributed by atoms with Crippen LogP contribution in [0.15, 0.2) is 41.3 Å².